The minimum absolute atomic E-state index is 0.138. The topological polar surface area (TPSA) is 97.8 Å². The molecule has 0 unspecified atom stereocenters. The maximum Gasteiger partial charge on any atom is 0.324 e. The number of aromatic amines is 1. The van der Waals surface area contributed by atoms with Crippen molar-refractivity contribution >= 4 is 36.8 Å². The molecule has 148 valence electrons. The van der Waals surface area contributed by atoms with Gasteiger partial charge in [0.25, 0.3) is 0 Å². The summed E-state index contributed by atoms with van der Waals surface area (Å²) >= 11 is 3.39. The highest BCUT2D eigenvalue weighted by atomic mass is 79.9. The fourth-order valence-electron chi connectivity index (χ4n) is 2.62. The van der Waals surface area contributed by atoms with Gasteiger partial charge in [0.1, 0.15) is 11.5 Å². The van der Waals surface area contributed by atoms with E-state index in [1.54, 1.807) is 6.07 Å². The zero-order chi connectivity index (χ0) is 20.8. The number of aromatic nitrogens is 4. The van der Waals surface area contributed by atoms with E-state index < -0.39 is 21.5 Å². The summed E-state index contributed by atoms with van der Waals surface area (Å²) < 4.78 is 56.4. The van der Waals surface area contributed by atoms with Crippen molar-refractivity contribution in [2.45, 2.75) is 4.90 Å². The van der Waals surface area contributed by atoms with Crippen molar-refractivity contribution in [3.05, 3.63) is 58.7 Å². The molecule has 0 aliphatic rings. The summed E-state index contributed by atoms with van der Waals surface area (Å²) in [5.74, 6) is -1.85. The van der Waals surface area contributed by atoms with Gasteiger partial charge >= 0.3 is 6.01 Å². The van der Waals surface area contributed by atoms with E-state index >= 15 is 0 Å². The van der Waals surface area contributed by atoms with Crippen molar-refractivity contribution in [2.75, 3.05) is 6.26 Å². The van der Waals surface area contributed by atoms with Crippen molar-refractivity contribution in [2.24, 2.45) is 0 Å². The van der Waals surface area contributed by atoms with E-state index in [1.165, 1.54) is 18.3 Å². The largest absolute Gasteiger partial charge is 0.421 e. The molecule has 0 radical (unpaired) electrons. The van der Waals surface area contributed by atoms with Crippen LogP contribution in [0.5, 0.6) is 11.8 Å². The molecule has 1 N–H and O–H groups in total. The number of halogens is 3. The molecule has 4 aromatic rings. The molecule has 0 bridgehead atoms. The van der Waals surface area contributed by atoms with Crippen molar-refractivity contribution in [1.29, 1.82) is 0 Å². The van der Waals surface area contributed by atoms with Crippen LogP contribution in [0, 0.1) is 11.6 Å². The average molecular weight is 481 g/mol. The molecule has 0 amide bonds. The lowest BCUT2D eigenvalue weighted by Gasteiger charge is -2.06. The number of hydrogen-bond acceptors (Lipinski definition) is 6. The molecule has 11 heteroatoms. The van der Waals surface area contributed by atoms with Gasteiger partial charge in [0.15, 0.2) is 27.1 Å². The molecule has 7 nitrogen and oxygen atoms in total. The van der Waals surface area contributed by atoms with Gasteiger partial charge < -0.3 is 4.74 Å². The van der Waals surface area contributed by atoms with Gasteiger partial charge in [0.05, 0.1) is 10.3 Å². The van der Waals surface area contributed by atoms with Gasteiger partial charge in [-0.15, -0.1) is 0 Å². The van der Waals surface area contributed by atoms with Gasteiger partial charge in [-0.2, -0.15) is 10.1 Å². The van der Waals surface area contributed by atoms with Crippen LogP contribution in [0.2, 0.25) is 0 Å². The van der Waals surface area contributed by atoms with E-state index in [4.69, 9.17) is 4.74 Å². The first-order chi connectivity index (χ1) is 13.7. The highest BCUT2D eigenvalue weighted by Gasteiger charge is 2.17. The number of nitrogens with zero attached hydrogens (tertiary/aromatic N) is 3. The van der Waals surface area contributed by atoms with E-state index in [0.29, 0.717) is 32.8 Å². The van der Waals surface area contributed by atoms with E-state index in [9.17, 15) is 17.2 Å². The maximum absolute atomic E-state index is 13.8. The summed E-state index contributed by atoms with van der Waals surface area (Å²) in [7, 11) is -3.41. The zero-order valence-electron chi connectivity index (χ0n) is 14.6. The Morgan fingerprint density at radius 2 is 1.93 bits per heavy atom. The van der Waals surface area contributed by atoms with Gasteiger partial charge in [-0.25, -0.2) is 22.2 Å². The summed E-state index contributed by atoms with van der Waals surface area (Å²) in [4.78, 5) is 8.31. The highest BCUT2D eigenvalue weighted by Crippen LogP contribution is 2.34. The number of hydrogen-bond donors (Lipinski definition) is 1. The van der Waals surface area contributed by atoms with E-state index in [2.05, 4.69) is 36.1 Å². The summed E-state index contributed by atoms with van der Waals surface area (Å²) in [6.07, 6.45) is 2.53. The number of benzene rings is 2. The van der Waals surface area contributed by atoms with Crippen molar-refractivity contribution < 1.29 is 21.9 Å². The fourth-order valence-corrected chi connectivity index (χ4v) is 3.70. The van der Waals surface area contributed by atoms with Crippen molar-refractivity contribution in [3.63, 3.8) is 0 Å². The lowest BCUT2D eigenvalue weighted by atomic mass is 10.1. The number of rotatable bonds is 4. The van der Waals surface area contributed by atoms with Crippen LogP contribution in [-0.2, 0) is 9.84 Å². The van der Waals surface area contributed by atoms with Crippen molar-refractivity contribution in [3.8, 4) is 23.0 Å². The first-order valence-electron chi connectivity index (χ1n) is 8.06. The normalized spacial score (nSPS) is 11.7. The summed E-state index contributed by atoms with van der Waals surface area (Å²) in [6, 6.07) is 7.30. The smallest absolute Gasteiger partial charge is 0.324 e. The molecule has 0 spiro atoms. The second-order valence-corrected chi connectivity index (χ2v) is 8.95. The Balaban J connectivity index is 1.74. The monoisotopic (exact) mass is 480 g/mol. The van der Waals surface area contributed by atoms with E-state index in [-0.39, 0.29) is 16.7 Å². The molecule has 2 heterocycles. The molecule has 0 fully saturated rings. The maximum atomic E-state index is 13.8. The fraction of sp³-hybridized carbons (Fsp3) is 0.0556. The Labute approximate surface area is 171 Å². The minimum Gasteiger partial charge on any atom is -0.421 e. The predicted octanol–water partition coefficient (Wildman–Crippen LogP) is 4.26. The van der Waals surface area contributed by atoms with Crippen molar-refractivity contribution in [1.82, 2.24) is 20.2 Å². The lowest BCUT2D eigenvalue weighted by molar-refractivity contribution is 0.409. The Bertz CT molecular complexity index is 1360. The number of H-pyrrole nitrogens is 1. The molecular weight excluding hydrogens is 470 g/mol. The van der Waals surface area contributed by atoms with Crippen LogP contribution in [0.25, 0.3) is 22.3 Å². The Kier molecular flexibility index (Phi) is 4.79. The number of nitrogens with one attached hydrogen (secondary N) is 1. The molecule has 4 rings (SSSR count). The van der Waals surface area contributed by atoms with E-state index in [0.717, 1.165) is 18.4 Å². The first-order valence-corrected chi connectivity index (χ1v) is 10.7. The zero-order valence-corrected chi connectivity index (χ0v) is 17.1. The standard InChI is InChI=1S/C18H11BrF2N4O3S/c1-29(26,27)10-3-4-13(19)11(7-10)16-12-8-22-18(23-17(12)25-24-16)28-15-5-2-9(20)6-14(15)21/h2-8H,1H3,(H,22,23,24,25). The van der Waals surface area contributed by atoms with Gasteiger partial charge in [0, 0.05) is 28.6 Å². The molecule has 0 atom stereocenters. The van der Waals surface area contributed by atoms with Gasteiger partial charge in [0.2, 0.25) is 0 Å². The van der Waals surface area contributed by atoms with Gasteiger partial charge in [-0.05, 0) is 30.3 Å². The third kappa shape index (κ3) is 3.83. The van der Waals surface area contributed by atoms with Crippen LogP contribution in [0.1, 0.15) is 0 Å². The molecule has 0 saturated heterocycles. The number of sulfone groups is 1. The third-order valence-electron chi connectivity index (χ3n) is 4.01. The van der Waals surface area contributed by atoms with Gasteiger partial charge in [-0.1, -0.05) is 15.9 Å². The summed E-state index contributed by atoms with van der Waals surface area (Å²) in [5.41, 5.74) is 1.25. The molecule has 2 aromatic carbocycles. The second kappa shape index (κ2) is 7.16. The third-order valence-corrected chi connectivity index (χ3v) is 5.81. The van der Waals surface area contributed by atoms with Crippen LogP contribution in [0.4, 0.5) is 8.78 Å². The second-order valence-electron chi connectivity index (χ2n) is 6.08. The summed E-state index contributed by atoms with van der Waals surface area (Å²) in [6.45, 7) is 0. The van der Waals surface area contributed by atoms with Gasteiger partial charge in [-0.3, -0.25) is 5.10 Å². The Morgan fingerprint density at radius 1 is 1.14 bits per heavy atom. The molecule has 0 aliphatic carbocycles. The summed E-state index contributed by atoms with van der Waals surface area (Å²) in [5, 5.41) is 7.42. The number of fused-ring (bicyclic) bond motifs is 1. The molecule has 0 aliphatic heterocycles. The SMILES string of the molecule is CS(=O)(=O)c1ccc(Br)c(-c2n[nH]c3nc(Oc4ccc(F)cc4F)ncc23)c1. The van der Waals surface area contributed by atoms with Crippen LogP contribution >= 0.6 is 15.9 Å². The Morgan fingerprint density at radius 3 is 2.66 bits per heavy atom. The quantitative estimate of drug-likeness (QED) is 0.468. The predicted molar refractivity (Wildman–Crippen MR) is 104 cm³/mol. The Hall–Kier alpha value is -2.92. The molecule has 29 heavy (non-hydrogen) atoms. The van der Waals surface area contributed by atoms with Crippen LogP contribution < -0.4 is 4.74 Å². The molecule has 0 saturated carbocycles. The minimum atomic E-state index is -3.41. The van der Waals surface area contributed by atoms with Crippen LogP contribution in [-0.4, -0.2) is 34.8 Å². The molecule has 2 aromatic heterocycles. The van der Waals surface area contributed by atoms with Crippen LogP contribution in [0.3, 0.4) is 0 Å². The molecular formula is C18H11BrF2N4O3S. The first kappa shape index (κ1) is 19.4. The van der Waals surface area contributed by atoms with Crippen LogP contribution in [0.15, 0.2) is 52.0 Å². The lowest BCUT2D eigenvalue weighted by Crippen LogP contribution is -1.97. The highest BCUT2D eigenvalue weighted by molar-refractivity contribution is 9.10. The van der Waals surface area contributed by atoms with E-state index in [1.807, 2.05) is 0 Å². The number of ether oxygens (including phenoxy) is 1. The average Bonchev–Trinajstić information content (AvgIpc) is 3.06.